The molecule has 0 unspecified atom stereocenters. The maximum absolute atomic E-state index is 11.1. The average molecular weight is 336 g/mol. The number of rotatable bonds is 9. The summed E-state index contributed by atoms with van der Waals surface area (Å²) in [4.78, 5) is 14.5. The van der Waals surface area contributed by atoms with Crippen molar-refractivity contribution >= 4 is 11.6 Å². The molecule has 0 heterocycles. The first kappa shape index (κ1) is 18.5. The summed E-state index contributed by atoms with van der Waals surface area (Å²) in [5.74, 6) is 0.979. The van der Waals surface area contributed by atoms with Crippen molar-refractivity contribution < 1.29 is 9.53 Å². The van der Waals surface area contributed by atoms with Crippen molar-refractivity contribution in [3.63, 3.8) is 0 Å². The van der Waals surface area contributed by atoms with Gasteiger partial charge in [0.15, 0.2) is 5.69 Å². The number of unbranched alkanes of at least 4 members (excludes halogenated alkanes) is 3. The minimum atomic E-state index is 0.111. The second kappa shape index (κ2) is 10.1. The van der Waals surface area contributed by atoms with Crippen LogP contribution in [0.3, 0.4) is 0 Å². The SMILES string of the molecule is [C-]#[N+]c1ccc(-c2ccc(OCCCCCCC(=O)NC)cc2)cc1. The Bertz CT molecular complexity index is 700. The second-order valence-corrected chi connectivity index (χ2v) is 5.87. The highest BCUT2D eigenvalue weighted by molar-refractivity contribution is 5.75. The third-order valence-corrected chi connectivity index (χ3v) is 4.03. The molecule has 2 aromatic rings. The first-order chi connectivity index (χ1) is 12.2. The number of nitrogens with zero attached hydrogens (tertiary/aromatic N) is 1. The molecule has 0 fully saturated rings. The zero-order valence-electron chi connectivity index (χ0n) is 14.6. The van der Waals surface area contributed by atoms with E-state index in [9.17, 15) is 4.79 Å². The second-order valence-electron chi connectivity index (χ2n) is 5.87. The molecule has 0 saturated carbocycles. The predicted octanol–water partition coefficient (Wildman–Crippen LogP) is 4.98. The maximum Gasteiger partial charge on any atom is 0.219 e. The molecule has 2 rings (SSSR count). The molecule has 25 heavy (non-hydrogen) atoms. The molecule has 1 N–H and O–H groups in total. The van der Waals surface area contributed by atoms with Gasteiger partial charge in [0, 0.05) is 13.5 Å². The van der Waals surface area contributed by atoms with Crippen molar-refractivity contribution in [2.24, 2.45) is 0 Å². The van der Waals surface area contributed by atoms with E-state index in [0.717, 1.165) is 42.6 Å². The standard InChI is InChI=1S/C21H24N2O2/c1-22-19-12-8-17(9-13-19)18-10-14-20(15-11-18)25-16-6-4-3-5-7-21(24)23-2/h8-15H,3-7,16H2,2H3,(H,23,24). The Kier molecular flexibility index (Phi) is 7.52. The van der Waals surface area contributed by atoms with Gasteiger partial charge < -0.3 is 10.1 Å². The molecule has 0 radical (unpaired) electrons. The van der Waals surface area contributed by atoms with E-state index in [-0.39, 0.29) is 5.91 Å². The zero-order chi connectivity index (χ0) is 17.9. The van der Waals surface area contributed by atoms with Crippen molar-refractivity contribution in [2.45, 2.75) is 32.1 Å². The van der Waals surface area contributed by atoms with Crippen molar-refractivity contribution in [2.75, 3.05) is 13.7 Å². The van der Waals surface area contributed by atoms with Gasteiger partial charge in [-0.25, -0.2) is 4.85 Å². The number of ether oxygens (including phenoxy) is 1. The van der Waals surface area contributed by atoms with Crippen LogP contribution < -0.4 is 10.1 Å². The van der Waals surface area contributed by atoms with Gasteiger partial charge in [-0.3, -0.25) is 4.79 Å². The maximum atomic E-state index is 11.1. The summed E-state index contributed by atoms with van der Waals surface area (Å²) in [6.45, 7) is 7.68. The van der Waals surface area contributed by atoms with E-state index in [1.54, 1.807) is 7.05 Å². The Labute approximate surface area is 149 Å². The van der Waals surface area contributed by atoms with Crippen LogP contribution in [0.4, 0.5) is 5.69 Å². The lowest BCUT2D eigenvalue weighted by Crippen LogP contribution is -2.16. The topological polar surface area (TPSA) is 42.7 Å². The van der Waals surface area contributed by atoms with E-state index in [1.807, 2.05) is 48.5 Å². The van der Waals surface area contributed by atoms with Crippen molar-refractivity contribution in [3.05, 3.63) is 59.9 Å². The van der Waals surface area contributed by atoms with Gasteiger partial charge in [0.2, 0.25) is 5.91 Å². The lowest BCUT2D eigenvalue weighted by Gasteiger charge is -2.08. The fraction of sp³-hybridized carbons (Fsp3) is 0.333. The number of carbonyl (C=O) groups is 1. The lowest BCUT2D eigenvalue weighted by atomic mass is 10.1. The number of carbonyl (C=O) groups excluding carboxylic acids is 1. The van der Waals surface area contributed by atoms with Crippen LogP contribution in [0.25, 0.3) is 16.0 Å². The number of benzene rings is 2. The molecule has 1 amide bonds. The average Bonchev–Trinajstić information content (AvgIpc) is 2.67. The van der Waals surface area contributed by atoms with Crippen LogP contribution in [-0.4, -0.2) is 19.6 Å². The number of hydrogen-bond donors (Lipinski definition) is 1. The molecule has 4 heteroatoms. The third-order valence-electron chi connectivity index (χ3n) is 4.03. The van der Waals surface area contributed by atoms with Gasteiger partial charge in [-0.15, -0.1) is 0 Å². The van der Waals surface area contributed by atoms with Crippen LogP contribution in [-0.2, 0) is 4.79 Å². The predicted molar refractivity (Wildman–Crippen MR) is 101 cm³/mol. The van der Waals surface area contributed by atoms with Crippen molar-refractivity contribution in [1.29, 1.82) is 0 Å². The van der Waals surface area contributed by atoms with Gasteiger partial charge in [0.05, 0.1) is 13.2 Å². The Balaban J connectivity index is 1.70. The minimum Gasteiger partial charge on any atom is -0.494 e. The Hall–Kier alpha value is -2.80. The first-order valence-corrected chi connectivity index (χ1v) is 8.64. The molecule has 0 atom stereocenters. The normalized spacial score (nSPS) is 10.1. The van der Waals surface area contributed by atoms with Gasteiger partial charge in [0.25, 0.3) is 0 Å². The molecule has 0 bridgehead atoms. The van der Waals surface area contributed by atoms with E-state index < -0.39 is 0 Å². The molecule has 0 saturated heterocycles. The molecule has 0 aliphatic carbocycles. The summed E-state index contributed by atoms with van der Waals surface area (Å²) < 4.78 is 5.76. The van der Waals surface area contributed by atoms with E-state index in [1.165, 1.54) is 0 Å². The fourth-order valence-electron chi connectivity index (χ4n) is 2.53. The summed E-state index contributed by atoms with van der Waals surface area (Å²) in [6, 6.07) is 15.6. The highest BCUT2D eigenvalue weighted by Gasteiger charge is 2.00. The van der Waals surface area contributed by atoms with E-state index >= 15 is 0 Å². The number of amides is 1. The fourth-order valence-corrected chi connectivity index (χ4v) is 2.53. The largest absolute Gasteiger partial charge is 0.494 e. The van der Waals surface area contributed by atoms with Crippen LogP contribution >= 0.6 is 0 Å². The highest BCUT2D eigenvalue weighted by atomic mass is 16.5. The van der Waals surface area contributed by atoms with Gasteiger partial charge in [0.1, 0.15) is 5.75 Å². The first-order valence-electron chi connectivity index (χ1n) is 8.64. The molecule has 0 spiro atoms. The van der Waals surface area contributed by atoms with Crippen LogP contribution in [0.5, 0.6) is 5.75 Å². The summed E-state index contributed by atoms with van der Waals surface area (Å²) >= 11 is 0. The lowest BCUT2D eigenvalue weighted by molar-refractivity contribution is -0.120. The quantitative estimate of drug-likeness (QED) is 0.518. The van der Waals surface area contributed by atoms with Crippen LogP contribution in [0.15, 0.2) is 48.5 Å². The van der Waals surface area contributed by atoms with E-state index in [0.29, 0.717) is 18.7 Å². The van der Waals surface area contributed by atoms with Crippen LogP contribution in [0.1, 0.15) is 32.1 Å². The molecule has 0 aromatic heterocycles. The van der Waals surface area contributed by atoms with E-state index in [2.05, 4.69) is 10.2 Å². The number of hydrogen-bond acceptors (Lipinski definition) is 2. The van der Waals surface area contributed by atoms with Gasteiger partial charge >= 0.3 is 0 Å². The molecule has 130 valence electrons. The summed E-state index contributed by atoms with van der Waals surface area (Å²) in [5, 5.41) is 2.63. The smallest absolute Gasteiger partial charge is 0.219 e. The van der Waals surface area contributed by atoms with Crippen molar-refractivity contribution in [1.82, 2.24) is 5.32 Å². The Morgan fingerprint density at radius 2 is 1.56 bits per heavy atom. The van der Waals surface area contributed by atoms with Crippen molar-refractivity contribution in [3.8, 4) is 16.9 Å². The Morgan fingerprint density at radius 3 is 2.16 bits per heavy atom. The van der Waals surface area contributed by atoms with Gasteiger partial charge in [-0.05, 0) is 36.1 Å². The molecule has 0 aliphatic rings. The van der Waals surface area contributed by atoms with Gasteiger partial charge in [-0.1, -0.05) is 49.2 Å². The van der Waals surface area contributed by atoms with Gasteiger partial charge in [-0.2, -0.15) is 0 Å². The molecule has 4 nitrogen and oxygen atoms in total. The minimum absolute atomic E-state index is 0.111. The van der Waals surface area contributed by atoms with E-state index in [4.69, 9.17) is 11.3 Å². The molecule has 0 aliphatic heterocycles. The third kappa shape index (κ3) is 6.31. The summed E-state index contributed by atoms with van der Waals surface area (Å²) in [5.41, 5.74) is 2.85. The van der Waals surface area contributed by atoms with Crippen LogP contribution in [0, 0.1) is 6.57 Å². The molecular formula is C21H24N2O2. The Morgan fingerprint density at radius 1 is 0.960 bits per heavy atom. The monoisotopic (exact) mass is 336 g/mol. The highest BCUT2D eigenvalue weighted by Crippen LogP contribution is 2.24. The van der Waals surface area contributed by atoms with Crippen LogP contribution in [0.2, 0.25) is 0 Å². The summed E-state index contributed by atoms with van der Waals surface area (Å²) in [6.07, 6.45) is 4.66. The summed E-state index contributed by atoms with van der Waals surface area (Å²) in [7, 11) is 1.67. The molecule has 2 aromatic carbocycles. The zero-order valence-corrected chi connectivity index (χ0v) is 14.6. The number of nitrogens with one attached hydrogen (secondary N) is 1. The molecular weight excluding hydrogens is 312 g/mol.